The van der Waals surface area contributed by atoms with Gasteiger partial charge < -0.3 is 15.5 Å². The molecular formula is C18H20F3N5O. The molecule has 3 rings (SSSR count). The summed E-state index contributed by atoms with van der Waals surface area (Å²) in [5.41, 5.74) is 4.67. The van der Waals surface area contributed by atoms with E-state index in [-0.39, 0.29) is 0 Å². The van der Waals surface area contributed by atoms with Crippen LogP contribution >= 0.6 is 0 Å². The summed E-state index contributed by atoms with van der Waals surface area (Å²) < 4.78 is 37.6. The summed E-state index contributed by atoms with van der Waals surface area (Å²) >= 11 is 0. The molecule has 0 amide bonds. The molecule has 27 heavy (non-hydrogen) atoms. The van der Waals surface area contributed by atoms with Gasteiger partial charge in [0.25, 0.3) is 0 Å². The number of halogens is 3. The number of aliphatic imine (C=N–C) groups is 1. The molecule has 0 radical (unpaired) electrons. The third kappa shape index (κ3) is 5.33. The lowest BCUT2D eigenvalue weighted by atomic mass is 10.1. The van der Waals surface area contributed by atoms with Crippen LogP contribution in [0, 0.1) is 5.41 Å². The first-order valence-corrected chi connectivity index (χ1v) is 8.43. The minimum atomic E-state index is -4.61. The fourth-order valence-electron chi connectivity index (χ4n) is 2.34. The van der Waals surface area contributed by atoms with Crippen molar-refractivity contribution in [2.24, 2.45) is 4.99 Å². The summed E-state index contributed by atoms with van der Waals surface area (Å²) in [6.45, 7) is 4.34. The first-order chi connectivity index (χ1) is 12.8. The molecule has 1 heterocycles. The van der Waals surface area contributed by atoms with Gasteiger partial charge in [0.2, 0.25) is 0 Å². The maximum Gasteiger partial charge on any atom is 0.470 e. The molecule has 0 saturated heterocycles. The van der Waals surface area contributed by atoms with E-state index in [0.717, 1.165) is 18.4 Å². The SMILES string of the molecule is C=C(NC1CC1)C(=N)/C=C\NCc1ccc(C2N=C(C(F)(F)F)ON2)cc1. The molecule has 6 nitrogen and oxygen atoms in total. The van der Waals surface area contributed by atoms with E-state index in [4.69, 9.17) is 5.41 Å². The molecule has 144 valence electrons. The van der Waals surface area contributed by atoms with Gasteiger partial charge in [-0.1, -0.05) is 30.8 Å². The van der Waals surface area contributed by atoms with E-state index in [1.807, 2.05) is 0 Å². The Bertz CT molecular complexity index is 766. The van der Waals surface area contributed by atoms with Crippen LogP contribution in [0.2, 0.25) is 0 Å². The van der Waals surface area contributed by atoms with Crippen LogP contribution < -0.4 is 16.1 Å². The smallest absolute Gasteiger partial charge is 0.387 e. The number of nitrogens with zero attached hydrogens (tertiary/aromatic N) is 1. The largest absolute Gasteiger partial charge is 0.470 e. The van der Waals surface area contributed by atoms with Crippen molar-refractivity contribution in [3.63, 3.8) is 0 Å². The number of nitrogens with one attached hydrogen (secondary N) is 4. The Morgan fingerprint density at radius 2 is 2.04 bits per heavy atom. The third-order valence-corrected chi connectivity index (χ3v) is 4.01. The predicted molar refractivity (Wildman–Crippen MR) is 95.9 cm³/mol. The fraction of sp³-hybridized carbons (Fsp3) is 0.333. The van der Waals surface area contributed by atoms with Crippen LogP contribution in [0.15, 0.2) is 53.8 Å². The van der Waals surface area contributed by atoms with E-state index < -0.39 is 18.2 Å². The molecule has 1 saturated carbocycles. The van der Waals surface area contributed by atoms with Gasteiger partial charge in [-0.3, -0.25) is 5.41 Å². The molecule has 1 aliphatic carbocycles. The Hall–Kier alpha value is -2.81. The van der Waals surface area contributed by atoms with Crippen LogP contribution in [0.4, 0.5) is 13.2 Å². The topological polar surface area (TPSA) is 81.5 Å². The Balaban J connectivity index is 1.47. The number of hydroxylamine groups is 1. The second-order valence-electron chi connectivity index (χ2n) is 6.32. The van der Waals surface area contributed by atoms with Gasteiger partial charge in [-0.15, -0.1) is 5.48 Å². The molecule has 0 spiro atoms. The Labute approximate surface area is 154 Å². The number of hydrogen-bond acceptors (Lipinski definition) is 6. The molecule has 9 heteroatoms. The highest BCUT2D eigenvalue weighted by molar-refractivity contribution is 6.05. The normalized spacial score (nSPS) is 19.5. The zero-order valence-corrected chi connectivity index (χ0v) is 14.4. The van der Waals surface area contributed by atoms with Gasteiger partial charge in [-0.25, -0.2) is 4.99 Å². The van der Waals surface area contributed by atoms with Crippen LogP contribution in [-0.4, -0.2) is 23.8 Å². The van der Waals surface area contributed by atoms with Gasteiger partial charge in [-0.2, -0.15) is 13.2 Å². The van der Waals surface area contributed by atoms with Crippen LogP contribution in [0.1, 0.15) is 30.1 Å². The Kier molecular flexibility index (Phi) is 5.50. The molecule has 1 aliphatic heterocycles. The van der Waals surface area contributed by atoms with E-state index in [0.29, 0.717) is 29.6 Å². The molecule has 1 aromatic rings. The average Bonchev–Trinajstić information content (AvgIpc) is 3.29. The lowest BCUT2D eigenvalue weighted by Gasteiger charge is -2.08. The summed E-state index contributed by atoms with van der Waals surface area (Å²) in [6.07, 6.45) is 0.0478. The first-order valence-electron chi connectivity index (χ1n) is 8.43. The highest BCUT2D eigenvalue weighted by Gasteiger charge is 2.42. The molecule has 4 N–H and O–H groups in total. The fourth-order valence-corrected chi connectivity index (χ4v) is 2.34. The van der Waals surface area contributed by atoms with Crippen molar-refractivity contribution in [2.45, 2.75) is 37.8 Å². The van der Waals surface area contributed by atoms with Gasteiger partial charge in [-0.05, 0) is 36.2 Å². The molecule has 0 aromatic heterocycles. The van der Waals surface area contributed by atoms with Crippen molar-refractivity contribution in [2.75, 3.05) is 0 Å². The lowest BCUT2D eigenvalue weighted by Crippen LogP contribution is -2.25. The third-order valence-electron chi connectivity index (χ3n) is 4.01. The van der Waals surface area contributed by atoms with E-state index >= 15 is 0 Å². The zero-order chi connectivity index (χ0) is 19.4. The number of allylic oxidation sites excluding steroid dienone is 1. The van der Waals surface area contributed by atoms with Crippen LogP contribution in [0.3, 0.4) is 0 Å². The Morgan fingerprint density at radius 3 is 2.63 bits per heavy atom. The summed E-state index contributed by atoms with van der Waals surface area (Å²) in [6, 6.07) is 7.41. The number of rotatable bonds is 8. The maximum absolute atomic E-state index is 12.5. The minimum absolute atomic E-state index is 0.315. The Morgan fingerprint density at radius 1 is 1.33 bits per heavy atom. The van der Waals surface area contributed by atoms with E-state index in [1.165, 1.54) is 0 Å². The number of hydrogen-bond donors (Lipinski definition) is 4. The van der Waals surface area contributed by atoms with Crippen molar-refractivity contribution in [1.29, 1.82) is 5.41 Å². The molecule has 2 aliphatic rings. The maximum atomic E-state index is 12.5. The van der Waals surface area contributed by atoms with Crippen molar-refractivity contribution in [3.8, 4) is 0 Å². The molecule has 1 atom stereocenters. The second kappa shape index (κ2) is 7.83. The van der Waals surface area contributed by atoms with E-state index in [1.54, 1.807) is 36.5 Å². The summed E-state index contributed by atoms with van der Waals surface area (Å²) in [5, 5.41) is 14.1. The molecule has 1 fully saturated rings. The van der Waals surface area contributed by atoms with E-state index in [9.17, 15) is 13.2 Å². The number of benzene rings is 1. The van der Waals surface area contributed by atoms with Gasteiger partial charge in [0.1, 0.15) is 0 Å². The first kappa shape index (κ1) is 19.0. The van der Waals surface area contributed by atoms with Gasteiger partial charge in [0.15, 0.2) is 6.17 Å². The standard InChI is InChI=1S/C18H20F3N5O/c1-11(24-14-6-7-14)15(22)8-9-23-10-12-2-4-13(5-3-12)16-25-17(27-26-16)18(19,20)21/h2-5,8-9,14,16,22-24,26H,1,6-7,10H2/b9-8-,22-15?. The molecule has 1 aromatic carbocycles. The molecule has 1 unspecified atom stereocenters. The molecular weight excluding hydrogens is 359 g/mol. The summed E-state index contributed by atoms with van der Waals surface area (Å²) in [7, 11) is 0. The number of alkyl halides is 3. The predicted octanol–water partition coefficient (Wildman–Crippen LogP) is 3.07. The van der Waals surface area contributed by atoms with Gasteiger partial charge >= 0.3 is 12.1 Å². The van der Waals surface area contributed by atoms with Crippen molar-refractivity contribution in [1.82, 2.24) is 16.1 Å². The van der Waals surface area contributed by atoms with Crippen LogP contribution in [0.25, 0.3) is 0 Å². The van der Waals surface area contributed by atoms with E-state index in [2.05, 4.69) is 32.5 Å². The van der Waals surface area contributed by atoms with Crippen molar-refractivity contribution < 1.29 is 18.0 Å². The minimum Gasteiger partial charge on any atom is -0.387 e. The van der Waals surface area contributed by atoms with Crippen molar-refractivity contribution in [3.05, 3.63) is 59.9 Å². The van der Waals surface area contributed by atoms with Gasteiger partial charge in [0, 0.05) is 12.6 Å². The van der Waals surface area contributed by atoms with Crippen molar-refractivity contribution >= 4 is 11.6 Å². The highest BCUT2D eigenvalue weighted by atomic mass is 19.4. The zero-order valence-electron chi connectivity index (χ0n) is 14.4. The van der Waals surface area contributed by atoms with Crippen LogP contribution in [0.5, 0.6) is 0 Å². The highest BCUT2D eigenvalue weighted by Crippen LogP contribution is 2.26. The molecule has 0 bridgehead atoms. The second-order valence-corrected chi connectivity index (χ2v) is 6.32. The van der Waals surface area contributed by atoms with Gasteiger partial charge in [0.05, 0.1) is 11.4 Å². The average molecular weight is 379 g/mol. The summed E-state index contributed by atoms with van der Waals surface area (Å²) in [5.74, 6) is -1.27. The van der Waals surface area contributed by atoms with Crippen LogP contribution in [-0.2, 0) is 11.4 Å². The monoisotopic (exact) mass is 379 g/mol. The quantitative estimate of drug-likeness (QED) is 0.524. The lowest BCUT2D eigenvalue weighted by molar-refractivity contribution is -0.0807. The summed E-state index contributed by atoms with van der Waals surface area (Å²) in [4.78, 5) is 7.87.